The molecule has 1 fully saturated rings. The summed E-state index contributed by atoms with van der Waals surface area (Å²) in [6.45, 7) is 3.71. The highest BCUT2D eigenvalue weighted by Gasteiger charge is 2.47. The minimum atomic E-state index is -1.02. The van der Waals surface area contributed by atoms with Gasteiger partial charge in [-0.15, -0.1) is 11.8 Å². The fourth-order valence-electron chi connectivity index (χ4n) is 3.30. The lowest BCUT2D eigenvalue weighted by Gasteiger charge is -2.39. The van der Waals surface area contributed by atoms with Crippen LogP contribution in [-0.4, -0.2) is 64.5 Å². The topological polar surface area (TPSA) is 123 Å². The molecule has 176 valence electrons. The van der Waals surface area contributed by atoms with Gasteiger partial charge < -0.3 is 23.7 Å². The van der Waals surface area contributed by atoms with Crippen LogP contribution in [0.4, 0.5) is 0 Å². The maximum absolute atomic E-state index is 11.8. The summed E-state index contributed by atoms with van der Waals surface area (Å²) in [6.07, 6.45) is 0.324. The van der Waals surface area contributed by atoms with Gasteiger partial charge in [0.2, 0.25) is 5.88 Å². The molecule has 1 aliphatic heterocycles. The maximum atomic E-state index is 11.8. The summed E-state index contributed by atoms with van der Waals surface area (Å²) >= 11 is 1.27. The van der Waals surface area contributed by atoms with E-state index >= 15 is 0 Å². The van der Waals surface area contributed by atoms with Crippen LogP contribution in [0.5, 0.6) is 11.6 Å². The highest BCUT2D eigenvalue weighted by atomic mass is 32.2. The molecule has 1 saturated heterocycles. The number of esters is 3. The predicted molar refractivity (Wildman–Crippen MR) is 118 cm³/mol. The van der Waals surface area contributed by atoms with Gasteiger partial charge in [-0.25, -0.2) is 4.98 Å². The number of nitrogens with zero attached hydrogens (tertiary/aromatic N) is 2. The van der Waals surface area contributed by atoms with Gasteiger partial charge in [0.1, 0.15) is 5.75 Å². The van der Waals surface area contributed by atoms with Crippen molar-refractivity contribution in [1.82, 2.24) is 9.97 Å². The number of methoxy groups -OCH3 is 1. The Labute approximate surface area is 194 Å². The molecule has 0 bridgehead atoms. The first kappa shape index (κ1) is 24.3. The number of hydrogen-bond donors (Lipinski definition) is 0. The molecule has 1 unspecified atom stereocenters. The summed E-state index contributed by atoms with van der Waals surface area (Å²) in [6, 6.07) is 7.07. The molecule has 3 heterocycles. The Kier molecular flexibility index (Phi) is 8.10. The lowest BCUT2D eigenvalue weighted by Crippen LogP contribution is -2.55. The van der Waals surface area contributed by atoms with Crippen LogP contribution in [0.25, 0.3) is 11.3 Å². The fourth-order valence-corrected chi connectivity index (χ4v) is 4.52. The number of rotatable bonds is 7. The van der Waals surface area contributed by atoms with Crippen LogP contribution in [0.15, 0.2) is 36.7 Å². The minimum Gasteiger partial charge on any atom is -0.481 e. The van der Waals surface area contributed by atoms with Gasteiger partial charge in [-0.2, -0.15) is 0 Å². The molecule has 10 nitrogen and oxygen atoms in total. The third kappa shape index (κ3) is 6.35. The van der Waals surface area contributed by atoms with Crippen molar-refractivity contribution in [2.75, 3.05) is 12.9 Å². The molecule has 11 heteroatoms. The molecule has 3 rings (SSSR count). The van der Waals surface area contributed by atoms with Gasteiger partial charge in [-0.05, 0) is 24.3 Å². The lowest BCUT2D eigenvalue weighted by molar-refractivity contribution is -0.186. The van der Waals surface area contributed by atoms with Crippen molar-refractivity contribution < 1.29 is 38.1 Å². The Morgan fingerprint density at radius 2 is 1.64 bits per heavy atom. The van der Waals surface area contributed by atoms with Gasteiger partial charge in [0.05, 0.1) is 24.6 Å². The molecule has 0 amide bonds. The third-order valence-corrected chi connectivity index (χ3v) is 5.75. The Morgan fingerprint density at radius 3 is 2.24 bits per heavy atom. The van der Waals surface area contributed by atoms with E-state index in [0.29, 0.717) is 17.3 Å². The van der Waals surface area contributed by atoms with Crippen molar-refractivity contribution in [3.8, 4) is 22.9 Å². The standard InChI is InChI=1S/C22H24N2O8S/c1-12(25)29-18-11-33-22(20(31-14(3)27)19(18)30-13(2)26)32-15-7-8-17(24-10-15)16-6-5-9-23-21(16)28-4/h5-10,18-20,22H,11H2,1-4H3/t18-,19+,20-,22?/m1/s1. The minimum absolute atomic E-state index is 0.276. The van der Waals surface area contributed by atoms with Crippen molar-refractivity contribution >= 4 is 29.7 Å². The van der Waals surface area contributed by atoms with Crippen molar-refractivity contribution in [2.24, 2.45) is 0 Å². The third-order valence-electron chi connectivity index (χ3n) is 4.53. The van der Waals surface area contributed by atoms with E-state index in [9.17, 15) is 14.4 Å². The first-order valence-electron chi connectivity index (χ1n) is 10.0. The van der Waals surface area contributed by atoms with Crippen molar-refractivity contribution in [2.45, 2.75) is 44.5 Å². The zero-order valence-corrected chi connectivity index (χ0v) is 19.4. The molecule has 2 aromatic heterocycles. The normalized spacial score (nSPS) is 22.1. The van der Waals surface area contributed by atoms with Crippen LogP contribution in [-0.2, 0) is 28.6 Å². The number of pyridine rings is 2. The maximum Gasteiger partial charge on any atom is 0.303 e. The zero-order chi connectivity index (χ0) is 24.0. The Hall–Kier alpha value is -3.34. The second-order valence-electron chi connectivity index (χ2n) is 7.05. The summed E-state index contributed by atoms with van der Waals surface area (Å²) in [7, 11) is 1.53. The smallest absolute Gasteiger partial charge is 0.303 e. The summed E-state index contributed by atoms with van der Waals surface area (Å²) in [5.74, 6) is -0.605. The molecule has 0 N–H and O–H groups in total. The van der Waals surface area contributed by atoms with E-state index < -0.39 is 41.7 Å². The molecule has 2 aromatic rings. The SMILES string of the molecule is COc1ncccc1-c1ccc(OC2SC[C@@H](OC(C)=O)[C@H](OC(C)=O)[C@H]2OC(C)=O)cn1. The van der Waals surface area contributed by atoms with Crippen LogP contribution in [0.3, 0.4) is 0 Å². The largest absolute Gasteiger partial charge is 0.481 e. The summed E-state index contributed by atoms with van der Waals surface area (Å²) in [5.41, 5.74) is 0.619. The lowest BCUT2D eigenvalue weighted by atomic mass is 10.1. The average molecular weight is 477 g/mol. The van der Waals surface area contributed by atoms with E-state index in [2.05, 4.69) is 9.97 Å². The van der Waals surface area contributed by atoms with Gasteiger partial charge in [-0.1, -0.05) is 0 Å². The number of ether oxygens (including phenoxy) is 5. The van der Waals surface area contributed by atoms with Crippen molar-refractivity contribution in [3.63, 3.8) is 0 Å². The molecular weight excluding hydrogens is 452 g/mol. The molecule has 0 aliphatic carbocycles. The average Bonchev–Trinajstić information content (AvgIpc) is 2.77. The second kappa shape index (κ2) is 11.0. The predicted octanol–water partition coefficient (Wildman–Crippen LogP) is 2.40. The quantitative estimate of drug-likeness (QED) is 0.432. The van der Waals surface area contributed by atoms with Gasteiger partial charge in [-0.3, -0.25) is 19.4 Å². The zero-order valence-electron chi connectivity index (χ0n) is 18.5. The number of carbonyl (C=O) groups is 3. The van der Waals surface area contributed by atoms with E-state index in [1.54, 1.807) is 24.4 Å². The molecule has 33 heavy (non-hydrogen) atoms. The van der Waals surface area contributed by atoms with E-state index in [4.69, 9.17) is 23.7 Å². The molecule has 0 radical (unpaired) electrons. The monoisotopic (exact) mass is 476 g/mol. The summed E-state index contributed by atoms with van der Waals surface area (Å²) < 4.78 is 27.4. The van der Waals surface area contributed by atoms with Crippen LogP contribution in [0, 0.1) is 0 Å². The van der Waals surface area contributed by atoms with Crippen LogP contribution >= 0.6 is 11.8 Å². The number of hydrogen-bond acceptors (Lipinski definition) is 11. The first-order valence-corrected chi connectivity index (χ1v) is 11.1. The Balaban J connectivity index is 1.82. The highest BCUT2D eigenvalue weighted by molar-refractivity contribution is 7.99. The molecular formula is C22H24N2O8S. The molecule has 0 aromatic carbocycles. The first-order chi connectivity index (χ1) is 15.8. The van der Waals surface area contributed by atoms with Crippen LogP contribution < -0.4 is 9.47 Å². The molecule has 0 spiro atoms. The van der Waals surface area contributed by atoms with E-state index in [1.807, 2.05) is 6.07 Å². The van der Waals surface area contributed by atoms with E-state index in [0.717, 1.165) is 5.56 Å². The highest BCUT2D eigenvalue weighted by Crippen LogP contribution is 2.35. The van der Waals surface area contributed by atoms with Crippen LogP contribution in [0.1, 0.15) is 20.8 Å². The molecule has 1 aliphatic rings. The van der Waals surface area contributed by atoms with Gasteiger partial charge in [0, 0.05) is 32.7 Å². The molecule has 4 atom stereocenters. The van der Waals surface area contributed by atoms with Crippen molar-refractivity contribution in [1.29, 1.82) is 0 Å². The summed E-state index contributed by atoms with van der Waals surface area (Å²) in [5, 5.41) is 0. The Morgan fingerprint density at radius 1 is 0.939 bits per heavy atom. The summed E-state index contributed by atoms with van der Waals surface area (Å²) in [4.78, 5) is 43.5. The van der Waals surface area contributed by atoms with Gasteiger partial charge in [0.15, 0.2) is 23.7 Å². The fraction of sp³-hybridized carbons (Fsp3) is 0.409. The van der Waals surface area contributed by atoms with E-state index in [1.165, 1.54) is 45.8 Å². The van der Waals surface area contributed by atoms with E-state index in [-0.39, 0.29) is 5.75 Å². The van der Waals surface area contributed by atoms with Gasteiger partial charge >= 0.3 is 17.9 Å². The van der Waals surface area contributed by atoms with Gasteiger partial charge in [0.25, 0.3) is 0 Å². The Bertz CT molecular complexity index is 1000. The van der Waals surface area contributed by atoms with Crippen molar-refractivity contribution in [3.05, 3.63) is 36.7 Å². The second-order valence-corrected chi connectivity index (χ2v) is 8.19. The number of carbonyl (C=O) groups excluding carboxylic acids is 3. The molecule has 0 saturated carbocycles. The number of aromatic nitrogens is 2. The van der Waals surface area contributed by atoms with Crippen LogP contribution in [0.2, 0.25) is 0 Å². The number of thioether (sulfide) groups is 1.